The highest BCUT2D eigenvalue weighted by Crippen LogP contribution is 2.12. The molecule has 24 heavy (non-hydrogen) atoms. The van der Waals surface area contributed by atoms with E-state index in [1.165, 1.54) is 0 Å². The maximum absolute atomic E-state index is 11.7. The minimum Gasteiger partial charge on any atom is -0.593 e. The van der Waals surface area contributed by atoms with E-state index in [2.05, 4.69) is 15.1 Å². The molecule has 3 aromatic rings. The topological polar surface area (TPSA) is 79.5 Å². The lowest BCUT2D eigenvalue weighted by molar-refractivity contribution is -0.510. The number of aliphatic imine (C=N–C) groups is 1. The summed E-state index contributed by atoms with van der Waals surface area (Å²) in [5.74, 6) is 0.983. The summed E-state index contributed by atoms with van der Waals surface area (Å²) in [6, 6.07) is 11.9. The van der Waals surface area contributed by atoms with Gasteiger partial charge in [-0.3, -0.25) is 0 Å². The van der Waals surface area contributed by atoms with Gasteiger partial charge in [0.25, 0.3) is 0 Å². The Labute approximate surface area is 139 Å². The Bertz CT molecular complexity index is 887. The zero-order valence-electron chi connectivity index (χ0n) is 13.9. The second-order valence-electron chi connectivity index (χ2n) is 5.39. The first kappa shape index (κ1) is 15.9. The molecule has 0 N–H and O–H groups in total. The number of aromatic nitrogens is 4. The fraction of sp³-hybridized carbons (Fsp3) is 0.294. The summed E-state index contributed by atoms with van der Waals surface area (Å²) in [6.45, 7) is 6.37. The molecule has 0 unspecified atom stereocenters. The van der Waals surface area contributed by atoms with E-state index in [4.69, 9.17) is 4.74 Å². The Morgan fingerprint density at radius 2 is 2.04 bits per heavy atom. The van der Waals surface area contributed by atoms with Gasteiger partial charge >= 0.3 is 5.95 Å². The largest absolute Gasteiger partial charge is 0.593 e. The van der Waals surface area contributed by atoms with E-state index in [9.17, 15) is 5.11 Å². The summed E-state index contributed by atoms with van der Waals surface area (Å²) in [4.78, 5) is 8.39. The van der Waals surface area contributed by atoms with E-state index in [1.807, 2.05) is 54.9 Å². The van der Waals surface area contributed by atoms with E-state index in [0.29, 0.717) is 12.4 Å². The molecule has 2 heterocycles. The molecule has 0 saturated heterocycles. The minimum absolute atomic E-state index is 0.268. The molecule has 7 heteroatoms. The molecule has 7 nitrogen and oxygen atoms in total. The third-order valence-electron chi connectivity index (χ3n) is 3.54. The molecular weight excluding hydrogens is 306 g/mol. The fourth-order valence-electron chi connectivity index (χ4n) is 2.58. The van der Waals surface area contributed by atoms with Gasteiger partial charge in [-0.25, -0.2) is 0 Å². The first-order valence-electron chi connectivity index (χ1n) is 7.77. The van der Waals surface area contributed by atoms with E-state index in [0.717, 1.165) is 16.9 Å². The summed E-state index contributed by atoms with van der Waals surface area (Å²) in [5, 5.41) is 16.2. The van der Waals surface area contributed by atoms with Crippen molar-refractivity contribution >= 4 is 17.7 Å². The molecule has 0 fully saturated rings. The second-order valence-corrected chi connectivity index (χ2v) is 5.39. The van der Waals surface area contributed by atoms with Crippen molar-refractivity contribution in [3.63, 3.8) is 0 Å². The number of ether oxygens (including phenoxy) is 1. The molecule has 2 aromatic heterocycles. The highest BCUT2D eigenvalue weighted by atomic mass is 16.6. The van der Waals surface area contributed by atoms with Crippen LogP contribution in [0.4, 0.5) is 5.95 Å². The highest BCUT2D eigenvalue weighted by Gasteiger charge is 2.20. The Kier molecular flexibility index (Phi) is 4.41. The number of aryl methyl sites for hydroxylation is 2. The van der Waals surface area contributed by atoms with Gasteiger partial charge in [-0.05, 0) is 19.1 Å². The standard InChI is InChI=1S/C17H19N5O2/c1-4-24-17(23)19-16-20-21(11-14-8-6-5-7-9-14)15-10-12(2)18-13(3)22(15)16/h5-10H,4,11H2,1-3H3. The zero-order valence-corrected chi connectivity index (χ0v) is 13.9. The van der Waals surface area contributed by atoms with Crippen molar-refractivity contribution in [2.24, 2.45) is 4.99 Å². The molecule has 0 aliphatic heterocycles. The minimum atomic E-state index is -0.656. The smallest absolute Gasteiger partial charge is 0.390 e. The highest BCUT2D eigenvalue weighted by molar-refractivity contribution is 5.64. The summed E-state index contributed by atoms with van der Waals surface area (Å²) in [6.07, 6.45) is -0.656. The van der Waals surface area contributed by atoms with Crippen LogP contribution in [0.25, 0.3) is 5.65 Å². The van der Waals surface area contributed by atoms with Crippen molar-refractivity contribution in [3.8, 4) is 0 Å². The van der Waals surface area contributed by atoms with Crippen LogP contribution in [0.3, 0.4) is 0 Å². The molecule has 3 rings (SSSR count). The maximum atomic E-state index is 11.7. The predicted octanol–water partition coefficient (Wildman–Crippen LogP) is 1.07. The number of benzene rings is 1. The SMILES string of the molecule is CCO/C([O-])=N\c1nn(Cc2ccccc2)c2cc(C)nc(C)[n+]12. The second kappa shape index (κ2) is 6.66. The van der Waals surface area contributed by atoms with Crippen LogP contribution < -0.4 is 9.51 Å². The average molecular weight is 325 g/mol. The molecule has 0 spiro atoms. The van der Waals surface area contributed by atoms with Gasteiger partial charge in [0.2, 0.25) is 11.7 Å². The monoisotopic (exact) mass is 325 g/mol. The lowest BCUT2D eigenvalue weighted by Crippen LogP contribution is -2.28. The lowest BCUT2D eigenvalue weighted by Gasteiger charge is -2.06. The Balaban J connectivity index is 2.14. The Hall–Kier alpha value is -2.96. The molecule has 0 bridgehead atoms. The van der Waals surface area contributed by atoms with Crippen LogP contribution >= 0.6 is 0 Å². The summed E-state index contributed by atoms with van der Waals surface area (Å²) < 4.78 is 8.47. The lowest BCUT2D eigenvalue weighted by atomic mass is 10.2. The normalized spacial score (nSPS) is 11.9. The zero-order chi connectivity index (χ0) is 17.1. The van der Waals surface area contributed by atoms with Crippen LogP contribution in [0.5, 0.6) is 0 Å². The van der Waals surface area contributed by atoms with Gasteiger partial charge in [0.15, 0.2) is 5.82 Å². The quantitative estimate of drug-likeness (QED) is 0.408. The molecular formula is C17H19N5O2. The van der Waals surface area contributed by atoms with E-state index in [-0.39, 0.29) is 12.6 Å². The van der Waals surface area contributed by atoms with Crippen molar-refractivity contribution in [3.05, 3.63) is 53.5 Å². The van der Waals surface area contributed by atoms with Crippen LogP contribution in [-0.2, 0) is 11.3 Å². The molecule has 124 valence electrons. The first-order valence-corrected chi connectivity index (χ1v) is 7.77. The predicted molar refractivity (Wildman–Crippen MR) is 86.9 cm³/mol. The van der Waals surface area contributed by atoms with E-state index in [1.54, 1.807) is 11.3 Å². The van der Waals surface area contributed by atoms with Crippen molar-refractivity contribution in [1.29, 1.82) is 0 Å². The molecule has 0 aliphatic carbocycles. The third kappa shape index (κ3) is 3.19. The molecule has 0 amide bonds. The van der Waals surface area contributed by atoms with Crippen LogP contribution in [0, 0.1) is 13.8 Å². The van der Waals surface area contributed by atoms with Crippen molar-refractivity contribution < 1.29 is 14.2 Å². The molecule has 0 radical (unpaired) electrons. The van der Waals surface area contributed by atoms with Crippen LogP contribution in [0.1, 0.15) is 24.0 Å². The number of hydrogen-bond donors (Lipinski definition) is 0. The summed E-state index contributed by atoms with van der Waals surface area (Å²) >= 11 is 0. The first-order chi connectivity index (χ1) is 11.6. The summed E-state index contributed by atoms with van der Waals surface area (Å²) in [5.41, 5.74) is 2.81. The molecule has 0 saturated carbocycles. The van der Waals surface area contributed by atoms with Crippen LogP contribution in [0.15, 0.2) is 41.4 Å². The molecule has 0 aliphatic rings. The molecule has 0 atom stereocenters. The molecule has 1 aromatic carbocycles. The number of fused-ring (bicyclic) bond motifs is 1. The van der Waals surface area contributed by atoms with Gasteiger partial charge in [0.1, 0.15) is 6.54 Å². The maximum Gasteiger partial charge on any atom is 0.390 e. The van der Waals surface area contributed by atoms with Gasteiger partial charge in [0, 0.05) is 18.1 Å². The Morgan fingerprint density at radius 3 is 2.75 bits per heavy atom. The van der Waals surface area contributed by atoms with Gasteiger partial charge in [0.05, 0.1) is 5.69 Å². The average Bonchev–Trinajstić information content (AvgIpc) is 2.86. The summed E-state index contributed by atoms with van der Waals surface area (Å²) in [7, 11) is 0. The van der Waals surface area contributed by atoms with E-state index >= 15 is 0 Å². The Morgan fingerprint density at radius 1 is 1.29 bits per heavy atom. The van der Waals surface area contributed by atoms with Gasteiger partial charge < -0.3 is 9.84 Å². The third-order valence-corrected chi connectivity index (χ3v) is 3.54. The van der Waals surface area contributed by atoms with Crippen molar-refractivity contribution in [1.82, 2.24) is 14.8 Å². The van der Waals surface area contributed by atoms with Gasteiger partial charge in [-0.2, -0.15) is 14.1 Å². The van der Waals surface area contributed by atoms with Crippen molar-refractivity contribution in [2.75, 3.05) is 6.61 Å². The fourth-order valence-corrected chi connectivity index (χ4v) is 2.58. The number of nitrogens with zero attached hydrogens (tertiary/aromatic N) is 5. The van der Waals surface area contributed by atoms with E-state index < -0.39 is 6.08 Å². The van der Waals surface area contributed by atoms with Crippen LogP contribution in [0.2, 0.25) is 0 Å². The van der Waals surface area contributed by atoms with Gasteiger partial charge in [-0.1, -0.05) is 37.3 Å². The number of hydrogen-bond acceptors (Lipinski definition) is 5. The number of rotatable bonds is 4. The van der Waals surface area contributed by atoms with Crippen molar-refractivity contribution in [2.45, 2.75) is 27.3 Å². The van der Waals surface area contributed by atoms with Crippen LogP contribution in [-0.4, -0.2) is 27.5 Å². The van der Waals surface area contributed by atoms with Gasteiger partial charge in [-0.15, -0.1) is 4.99 Å².